The standard InChI is InChI=1S/C15H15N3O5S2/c1-22-8-11(15(19)18-25(2,20)21)10-5-3-4-6-12(10)23-13-7-14(24)17-9-16-13/h3-9H,1-2H3,(H,18,19)(H,16,17,24)/b11-8+. The van der Waals surface area contributed by atoms with Crippen LogP contribution in [0.2, 0.25) is 0 Å². The lowest BCUT2D eigenvalue weighted by Gasteiger charge is -2.13. The molecule has 132 valence electrons. The number of methoxy groups -OCH3 is 1. The second-order valence-corrected chi connectivity index (χ2v) is 6.98. The van der Waals surface area contributed by atoms with E-state index < -0.39 is 15.9 Å². The molecule has 25 heavy (non-hydrogen) atoms. The van der Waals surface area contributed by atoms with Crippen molar-refractivity contribution >= 4 is 33.7 Å². The van der Waals surface area contributed by atoms with Crippen LogP contribution in [0.15, 0.2) is 42.9 Å². The minimum Gasteiger partial charge on any atom is -0.504 e. The molecule has 0 aliphatic rings. The molecule has 0 aliphatic carbocycles. The largest absolute Gasteiger partial charge is 0.504 e. The molecule has 0 bridgehead atoms. The number of para-hydroxylation sites is 1. The van der Waals surface area contributed by atoms with Gasteiger partial charge in [-0.15, -0.1) is 0 Å². The number of hydrogen-bond donors (Lipinski definition) is 2. The van der Waals surface area contributed by atoms with Crippen molar-refractivity contribution in [3.63, 3.8) is 0 Å². The van der Waals surface area contributed by atoms with Crippen LogP contribution < -0.4 is 9.46 Å². The van der Waals surface area contributed by atoms with Gasteiger partial charge in [-0.3, -0.25) is 4.79 Å². The smallest absolute Gasteiger partial charge is 0.268 e. The molecule has 0 atom stereocenters. The van der Waals surface area contributed by atoms with Crippen LogP contribution in [0, 0.1) is 4.64 Å². The van der Waals surface area contributed by atoms with Crippen LogP contribution in [0.25, 0.3) is 5.57 Å². The van der Waals surface area contributed by atoms with Gasteiger partial charge in [0.1, 0.15) is 10.4 Å². The van der Waals surface area contributed by atoms with Gasteiger partial charge < -0.3 is 14.5 Å². The molecule has 2 N–H and O–H groups in total. The monoisotopic (exact) mass is 381 g/mol. The highest BCUT2D eigenvalue weighted by Crippen LogP contribution is 2.29. The highest BCUT2D eigenvalue weighted by atomic mass is 32.2. The van der Waals surface area contributed by atoms with Gasteiger partial charge in [0.05, 0.1) is 31.5 Å². The predicted molar refractivity (Wildman–Crippen MR) is 93.9 cm³/mol. The van der Waals surface area contributed by atoms with Gasteiger partial charge in [-0.05, 0) is 6.07 Å². The molecule has 2 aromatic rings. The van der Waals surface area contributed by atoms with E-state index in [4.69, 9.17) is 21.7 Å². The summed E-state index contributed by atoms with van der Waals surface area (Å²) in [7, 11) is -2.39. The number of aromatic nitrogens is 2. The average molecular weight is 381 g/mol. The first-order chi connectivity index (χ1) is 11.8. The third kappa shape index (κ3) is 5.40. The number of amides is 1. The molecular formula is C15H15N3O5S2. The normalized spacial score (nSPS) is 11.7. The predicted octanol–water partition coefficient (Wildman–Crippen LogP) is 1.99. The Morgan fingerprint density at radius 2 is 2.08 bits per heavy atom. The zero-order valence-electron chi connectivity index (χ0n) is 13.3. The number of carbonyl (C=O) groups excluding carboxylic acids is 1. The second-order valence-electron chi connectivity index (χ2n) is 4.82. The maximum absolute atomic E-state index is 12.3. The summed E-state index contributed by atoms with van der Waals surface area (Å²) in [6, 6.07) is 8.09. The molecule has 8 nitrogen and oxygen atoms in total. The first kappa shape index (κ1) is 18.6. The Morgan fingerprint density at radius 3 is 2.72 bits per heavy atom. The number of nitrogens with one attached hydrogen (secondary N) is 2. The first-order valence-electron chi connectivity index (χ1n) is 6.87. The van der Waals surface area contributed by atoms with E-state index in [0.717, 1.165) is 12.5 Å². The number of hydrogen-bond acceptors (Lipinski definition) is 7. The van der Waals surface area contributed by atoms with Crippen molar-refractivity contribution < 1.29 is 22.7 Å². The number of nitrogens with zero attached hydrogens (tertiary/aromatic N) is 1. The topological polar surface area (TPSA) is 110 Å². The number of aromatic amines is 1. The molecule has 0 unspecified atom stereocenters. The number of H-pyrrole nitrogens is 1. The number of ether oxygens (including phenoxy) is 2. The van der Waals surface area contributed by atoms with Gasteiger partial charge >= 0.3 is 0 Å². The van der Waals surface area contributed by atoms with Crippen molar-refractivity contribution in [3.8, 4) is 11.6 Å². The summed E-state index contributed by atoms with van der Waals surface area (Å²) in [4.78, 5) is 18.9. The zero-order valence-corrected chi connectivity index (χ0v) is 15.0. The Balaban J connectivity index is 2.44. The molecule has 1 amide bonds. The van der Waals surface area contributed by atoms with E-state index in [0.29, 0.717) is 21.8 Å². The fourth-order valence-corrected chi connectivity index (χ4v) is 2.49. The lowest BCUT2D eigenvalue weighted by atomic mass is 10.1. The fraction of sp³-hybridized carbons (Fsp3) is 0.133. The van der Waals surface area contributed by atoms with Crippen molar-refractivity contribution in [3.05, 3.63) is 53.1 Å². The molecule has 0 aliphatic heterocycles. The quantitative estimate of drug-likeness (QED) is 0.447. The molecule has 0 fully saturated rings. The van der Waals surface area contributed by atoms with Crippen LogP contribution in [0.1, 0.15) is 5.56 Å². The summed E-state index contributed by atoms with van der Waals surface area (Å²) in [6.45, 7) is 0. The highest BCUT2D eigenvalue weighted by molar-refractivity contribution is 7.89. The summed E-state index contributed by atoms with van der Waals surface area (Å²) >= 11 is 4.97. The van der Waals surface area contributed by atoms with Crippen LogP contribution in [-0.4, -0.2) is 37.7 Å². The molecule has 10 heteroatoms. The van der Waals surface area contributed by atoms with Gasteiger partial charge in [0.15, 0.2) is 0 Å². The van der Waals surface area contributed by atoms with Crippen LogP contribution in [0.5, 0.6) is 11.6 Å². The fourth-order valence-electron chi connectivity index (χ4n) is 1.89. The molecule has 1 aromatic heterocycles. The minimum atomic E-state index is -3.74. The summed E-state index contributed by atoms with van der Waals surface area (Å²) in [5.41, 5.74) is 0.317. The maximum Gasteiger partial charge on any atom is 0.268 e. The number of rotatable bonds is 6. The van der Waals surface area contributed by atoms with Crippen LogP contribution in [-0.2, 0) is 19.6 Å². The van der Waals surface area contributed by atoms with E-state index in [1.807, 2.05) is 4.72 Å². The third-order valence-electron chi connectivity index (χ3n) is 2.81. The van der Waals surface area contributed by atoms with Gasteiger partial charge in [-0.2, -0.15) is 0 Å². The SMILES string of the molecule is CO/C=C(/C(=O)NS(C)(=O)=O)c1ccccc1Oc1cc(=S)nc[nH]1. The van der Waals surface area contributed by atoms with E-state index >= 15 is 0 Å². The van der Waals surface area contributed by atoms with E-state index in [1.165, 1.54) is 19.5 Å². The molecule has 0 saturated carbocycles. The second kappa shape index (κ2) is 7.90. The lowest BCUT2D eigenvalue weighted by Crippen LogP contribution is -2.30. The van der Waals surface area contributed by atoms with Crippen LogP contribution >= 0.6 is 12.2 Å². The average Bonchev–Trinajstić information content (AvgIpc) is 2.52. The van der Waals surface area contributed by atoms with Gasteiger partial charge in [-0.25, -0.2) is 18.1 Å². The lowest BCUT2D eigenvalue weighted by molar-refractivity contribution is -0.114. The summed E-state index contributed by atoms with van der Waals surface area (Å²) in [5.74, 6) is -0.234. The Labute approximate surface area is 149 Å². The van der Waals surface area contributed by atoms with Crippen LogP contribution in [0.3, 0.4) is 0 Å². The Kier molecular flexibility index (Phi) is 5.88. The van der Waals surface area contributed by atoms with Gasteiger partial charge in [0, 0.05) is 11.6 Å². The molecule has 0 saturated heterocycles. The summed E-state index contributed by atoms with van der Waals surface area (Å²) < 4.78 is 35.5. The van der Waals surface area contributed by atoms with E-state index in [1.54, 1.807) is 24.3 Å². The Bertz CT molecular complexity index is 967. The van der Waals surface area contributed by atoms with Crippen molar-refractivity contribution in [1.82, 2.24) is 14.7 Å². The number of sulfonamides is 1. The van der Waals surface area contributed by atoms with Gasteiger partial charge in [-0.1, -0.05) is 30.4 Å². The van der Waals surface area contributed by atoms with Crippen molar-refractivity contribution in [2.24, 2.45) is 0 Å². The molecular weight excluding hydrogens is 366 g/mol. The maximum atomic E-state index is 12.3. The minimum absolute atomic E-state index is 0.0174. The summed E-state index contributed by atoms with van der Waals surface area (Å²) in [5, 5.41) is 0. The molecule has 1 aromatic carbocycles. The number of carbonyl (C=O) groups is 1. The Hall–Kier alpha value is -2.72. The third-order valence-corrected chi connectivity index (χ3v) is 3.59. The molecule has 2 rings (SSSR count). The molecule has 1 heterocycles. The molecule has 0 radical (unpaired) electrons. The van der Waals surface area contributed by atoms with Gasteiger partial charge in [0.25, 0.3) is 5.91 Å². The summed E-state index contributed by atoms with van der Waals surface area (Å²) in [6.07, 6.45) is 3.40. The van der Waals surface area contributed by atoms with Crippen molar-refractivity contribution in [2.75, 3.05) is 13.4 Å². The first-order valence-corrected chi connectivity index (χ1v) is 9.17. The van der Waals surface area contributed by atoms with E-state index in [2.05, 4.69) is 9.97 Å². The van der Waals surface area contributed by atoms with Gasteiger partial charge in [0.2, 0.25) is 15.9 Å². The Morgan fingerprint density at radius 1 is 1.36 bits per heavy atom. The zero-order chi connectivity index (χ0) is 18.4. The van der Waals surface area contributed by atoms with Crippen LogP contribution in [0.4, 0.5) is 0 Å². The van der Waals surface area contributed by atoms with E-state index in [9.17, 15) is 13.2 Å². The van der Waals surface area contributed by atoms with E-state index in [-0.39, 0.29) is 5.57 Å². The highest BCUT2D eigenvalue weighted by Gasteiger charge is 2.20. The molecule has 0 spiro atoms. The van der Waals surface area contributed by atoms with Crippen molar-refractivity contribution in [2.45, 2.75) is 0 Å². The van der Waals surface area contributed by atoms with Crippen molar-refractivity contribution in [1.29, 1.82) is 0 Å². The number of benzene rings is 1.